The second-order valence-corrected chi connectivity index (χ2v) is 10.4. The van der Waals surface area contributed by atoms with Crippen molar-refractivity contribution >= 4 is 23.4 Å². The highest BCUT2D eigenvalue weighted by Crippen LogP contribution is 2.55. The third-order valence-electron chi connectivity index (χ3n) is 8.19. The van der Waals surface area contributed by atoms with E-state index in [-0.39, 0.29) is 30.3 Å². The first-order valence-electron chi connectivity index (χ1n) is 12.7. The monoisotopic (exact) mass is 481 g/mol. The molecule has 1 aromatic carbocycles. The van der Waals surface area contributed by atoms with Crippen LogP contribution in [0.25, 0.3) is 0 Å². The third kappa shape index (κ3) is 4.06. The van der Waals surface area contributed by atoms with Gasteiger partial charge in [0.05, 0.1) is 24.5 Å². The number of ether oxygens (including phenoxy) is 2. The molecule has 3 heterocycles. The first-order valence-corrected chi connectivity index (χ1v) is 12.7. The summed E-state index contributed by atoms with van der Waals surface area (Å²) in [6.45, 7) is 4.58. The molecule has 0 unspecified atom stereocenters. The van der Waals surface area contributed by atoms with Crippen LogP contribution >= 0.6 is 0 Å². The number of amides is 3. The summed E-state index contributed by atoms with van der Waals surface area (Å²) in [5.41, 5.74) is 1.76. The van der Waals surface area contributed by atoms with Crippen LogP contribution in [0.1, 0.15) is 43.2 Å². The van der Waals surface area contributed by atoms with Crippen molar-refractivity contribution in [2.45, 2.75) is 69.7 Å². The molecule has 4 aliphatic rings. The van der Waals surface area contributed by atoms with E-state index in [2.05, 4.69) is 10.6 Å². The molecule has 3 fully saturated rings. The Hall–Kier alpha value is -2.71. The lowest BCUT2D eigenvalue weighted by atomic mass is 9.74. The summed E-state index contributed by atoms with van der Waals surface area (Å²) < 4.78 is 11.6. The van der Waals surface area contributed by atoms with E-state index in [1.807, 2.05) is 44.2 Å². The van der Waals surface area contributed by atoms with E-state index in [4.69, 9.17) is 9.47 Å². The number of carbonyl (C=O) groups is 3. The van der Waals surface area contributed by atoms with Crippen molar-refractivity contribution < 1.29 is 23.9 Å². The Morgan fingerprint density at radius 2 is 1.91 bits per heavy atom. The first kappa shape index (κ1) is 24.0. The van der Waals surface area contributed by atoms with E-state index >= 15 is 0 Å². The average Bonchev–Trinajstić information content (AvgIpc) is 3.48. The Balaban J connectivity index is 1.42. The number of aryl methyl sites for hydroxylation is 2. The van der Waals surface area contributed by atoms with Gasteiger partial charge in [0, 0.05) is 25.4 Å². The van der Waals surface area contributed by atoms with E-state index in [9.17, 15) is 14.4 Å². The molecule has 1 saturated carbocycles. The number of nitrogens with zero attached hydrogens (tertiary/aromatic N) is 1. The van der Waals surface area contributed by atoms with Crippen LogP contribution in [0.15, 0.2) is 30.4 Å². The minimum absolute atomic E-state index is 0.109. The molecule has 3 aliphatic heterocycles. The van der Waals surface area contributed by atoms with Crippen LogP contribution in [0.4, 0.5) is 5.69 Å². The topological polar surface area (TPSA) is 97.0 Å². The molecule has 1 spiro atoms. The van der Waals surface area contributed by atoms with Gasteiger partial charge in [0.1, 0.15) is 11.6 Å². The maximum Gasteiger partial charge on any atom is 0.246 e. The van der Waals surface area contributed by atoms with Gasteiger partial charge >= 0.3 is 0 Å². The molecule has 5 rings (SSSR count). The number of nitrogens with one attached hydrogen (secondary N) is 2. The molecular formula is C27H35N3O5. The SMILES string of the molecule is COCCN1C(=O)[C@H]2[C@H](C(=O)Nc3ccc(C)c(C)c3)[C@H]3C=C[C@@]2(O3)[C@H]1C(=O)NC1CCCCC1. The molecule has 35 heavy (non-hydrogen) atoms. The molecule has 2 N–H and O–H groups in total. The zero-order valence-electron chi connectivity index (χ0n) is 20.7. The van der Waals surface area contributed by atoms with Crippen molar-refractivity contribution in [3.05, 3.63) is 41.5 Å². The van der Waals surface area contributed by atoms with Gasteiger partial charge in [0.25, 0.3) is 0 Å². The molecule has 1 aromatic rings. The summed E-state index contributed by atoms with van der Waals surface area (Å²) in [5.74, 6) is -2.14. The number of hydrogen-bond donors (Lipinski definition) is 2. The van der Waals surface area contributed by atoms with Crippen molar-refractivity contribution in [2.75, 3.05) is 25.6 Å². The second kappa shape index (κ2) is 9.39. The van der Waals surface area contributed by atoms with Gasteiger partial charge in [0.15, 0.2) is 0 Å². The lowest BCUT2D eigenvalue weighted by Gasteiger charge is -2.34. The number of benzene rings is 1. The Kier molecular flexibility index (Phi) is 6.44. The van der Waals surface area contributed by atoms with Gasteiger partial charge in [0.2, 0.25) is 17.7 Å². The molecular weight excluding hydrogens is 446 g/mol. The normalized spacial score (nSPS) is 31.6. The van der Waals surface area contributed by atoms with Gasteiger partial charge < -0.3 is 25.0 Å². The van der Waals surface area contributed by atoms with Crippen molar-refractivity contribution in [3.8, 4) is 0 Å². The highest BCUT2D eigenvalue weighted by molar-refractivity contribution is 6.02. The van der Waals surface area contributed by atoms with Crippen LogP contribution in [0, 0.1) is 25.7 Å². The molecule has 1 aliphatic carbocycles. The number of likely N-dealkylation sites (tertiary alicyclic amines) is 1. The quantitative estimate of drug-likeness (QED) is 0.584. The van der Waals surface area contributed by atoms with Gasteiger partial charge in [-0.1, -0.05) is 37.5 Å². The Labute approximate surface area is 206 Å². The summed E-state index contributed by atoms with van der Waals surface area (Å²) in [7, 11) is 1.57. The van der Waals surface area contributed by atoms with Crippen LogP contribution in [0.2, 0.25) is 0 Å². The number of fused-ring (bicyclic) bond motifs is 1. The molecule has 5 atom stereocenters. The van der Waals surface area contributed by atoms with Crippen molar-refractivity contribution in [3.63, 3.8) is 0 Å². The van der Waals surface area contributed by atoms with Crippen molar-refractivity contribution in [1.29, 1.82) is 0 Å². The third-order valence-corrected chi connectivity index (χ3v) is 8.19. The zero-order valence-corrected chi connectivity index (χ0v) is 20.7. The Bertz CT molecular complexity index is 1050. The lowest BCUT2D eigenvalue weighted by Crippen LogP contribution is -2.57. The van der Waals surface area contributed by atoms with E-state index in [0.717, 1.165) is 36.8 Å². The number of methoxy groups -OCH3 is 1. The standard InChI is InChI=1S/C27H35N3O5/c1-16-9-10-19(15-17(16)2)29-24(31)21-20-11-12-27(35-20)22(21)26(33)30(13-14-34-3)23(27)25(32)28-18-7-5-4-6-8-18/h9-12,15,18,20-23H,4-8,13-14H2,1-3H3,(H,28,32)(H,29,31)/t20-,21-,22-,23-,27+/m1/s1. The van der Waals surface area contributed by atoms with Gasteiger partial charge in [-0.05, 0) is 49.9 Å². The highest BCUT2D eigenvalue weighted by atomic mass is 16.5. The highest BCUT2D eigenvalue weighted by Gasteiger charge is 2.72. The van der Waals surface area contributed by atoms with E-state index in [1.54, 1.807) is 12.0 Å². The van der Waals surface area contributed by atoms with E-state index in [1.165, 1.54) is 6.42 Å². The average molecular weight is 482 g/mol. The largest absolute Gasteiger partial charge is 0.383 e. The van der Waals surface area contributed by atoms with Gasteiger partial charge in [-0.2, -0.15) is 0 Å². The number of hydrogen-bond acceptors (Lipinski definition) is 5. The summed E-state index contributed by atoms with van der Waals surface area (Å²) in [6.07, 6.45) is 8.41. The van der Waals surface area contributed by atoms with Crippen LogP contribution in [0.3, 0.4) is 0 Å². The maximum absolute atomic E-state index is 13.7. The fourth-order valence-electron chi connectivity index (χ4n) is 6.27. The molecule has 0 radical (unpaired) electrons. The predicted octanol–water partition coefficient (Wildman–Crippen LogP) is 2.49. The van der Waals surface area contributed by atoms with Crippen LogP contribution in [0.5, 0.6) is 0 Å². The molecule has 0 aromatic heterocycles. The second-order valence-electron chi connectivity index (χ2n) is 10.4. The molecule has 188 valence electrons. The van der Waals surface area contributed by atoms with Crippen molar-refractivity contribution in [1.82, 2.24) is 10.2 Å². The first-order chi connectivity index (χ1) is 16.9. The van der Waals surface area contributed by atoms with Crippen LogP contribution < -0.4 is 10.6 Å². The van der Waals surface area contributed by atoms with E-state index in [0.29, 0.717) is 12.3 Å². The maximum atomic E-state index is 13.7. The molecule has 8 heteroatoms. The smallest absolute Gasteiger partial charge is 0.246 e. The molecule has 2 bridgehead atoms. The van der Waals surface area contributed by atoms with Crippen LogP contribution in [-0.4, -0.2) is 66.7 Å². The van der Waals surface area contributed by atoms with Gasteiger partial charge in [-0.3, -0.25) is 14.4 Å². The lowest BCUT2D eigenvalue weighted by molar-refractivity contribution is -0.142. The molecule has 8 nitrogen and oxygen atoms in total. The number of rotatable bonds is 7. The molecule has 2 saturated heterocycles. The summed E-state index contributed by atoms with van der Waals surface area (Å²) in [5, 5.41) is 6.17. The minimum Gasteiger partial charge on any atom is -0.383 e. The number of carbonyl (C=O) groups excluding carboxylic acids is 3. The van der Waals surface area contributed by atoms with Gasteiger partial charge in [-0.15, -0.1) is 0 Å². The Morgan fingerprint density at radius 1 is 1.14 bits per heavy atom. The van der Waals surface area contributed by atoms with Crippen molar-refractivity contribution in [2.24, 2.45) is 11.8 Å². The molecule has 3 amide bonds. The summed E-state index contributed by atoms with van der Waals surface area (Å²) >= 11 is 0. The minimum atomic E-state index is -1.14. The fourth-order valence-corrected chi connectivity index (χ4v) is 6.27. The van der Waals surface area contributed by atoms with Gasteiger partial charge in [-0.25, -0.2) is 0 Å². The fraction of sp³-hybridized carbons (Fsp3) is 0.593. The zero-order chi connectivity index (χ0) is 24.7. The number of anilines is 1. The predicted molar refractivity (Wildman–Crippen MR) is 131 cm³/mol. The van der Waals surface area contributed by atoms with Crippen LogP contribution in [-0.2, 0) is 23.9 Å². The Morgan fingerprint density at radius 3 is 2.63 bits per heavy atom. The van der Waals surface area contributed by atoms with E-state index < -0.39 is 29.6 Å². The summed E-state index contributed by atoms with van der Waals surface area (Å²) in [6, 6.07) is 5.04. The summed E-state index contributed by atoms with van der Waals surface area (Å²) in [4.78, 5) is 42.4.